The Bertz CT molecular complexity index is 331. The summed E-state index contributed by atoms with van der Waals surface area (Å²) in [5.74, 6) is 1.04. The Hall–Kier alpha value is -0.610. The molecule has 2 aliphatic rings. The molecule has 1 atom stereocenters. The average Bonchev–Trinajstić information content (AvgIpc) is 2.99. The van der Waals surface area contributed by atoms with Crippen LogP contribution in [0.25, 0.3) is 0 Å². The third kappa shape index (κ3) is 4.96. The minimum absolute atomic E-state index is 0.0750. The molecule has 2 rings (SSSR count). The van der Waals surface area contributed by atoms with E-state index in [2.05, 4.69) is 5.32 Å². The first kappa shape index (κ1) is 16.8. The molecule has 1 saturated heterocycles. The van der Waals surface area contributed by atoms with Crippen molar-refractivity contribution < 1.29 is 14.6 Å². The molecule has 1 amide bonds. The second-order valence-corrected chi connectivity index (χ2v) is 7.47. The molecule has 0 spiro atoms. The van der Waals surface area contributed by atoms with E-state index in [9.17, 15) is 9.90 Å². The molecule has 0 bridgehead atoms. The standard InChI is InChI=1S/C17H31NO3/c1-17(2,11-13-7-9-21-10-8-13)16(20)18-12-15(19)14-5-3-4-6-14/h13-15,19H,3-12H2,1-2H3,(H,18,20). The Kier molecular flexibility index (Phi) is 6.06. The summed E-state index contributed by atoms with van der Waals surface area (Å²) in [6.07, 6.45) is 7.26. The predicted octanol–water partition coefficient (Wildman–Crippen LogP) is 2.50. The number of ether oxygens (including phenoxy) is 1. The van der Waals surface area contributed by atoms with Crippen LogP contribution in [0.2, 0.25) is 0 Å². The number of hydrogen-bond donors (Lipinski definition) is 2. The fraction of sp³-hybridized carbons (Fsp3) is 0.941. The van der Waals surface area contributed by atoms with Crippen LogP contribution in [0.15, 0.2) is 0 Å². The van der Waals surface area contributed by atoms with E-state index in [0.29, 0.717) is 18.4 Å². The molecule has 0 radical (unpaired) electrons. The van der Waals surface area contributed by atoms with Gasteiger partial charge in [-0.1, -0.05) is 26.7 Å². The zero-order valence-electron chi connectivity index (χ0n) is 13.6. The smallest absolute Gasteiger partial charge is 0.225 e. The lowest BCUT2D eigenvalue weighted by molar-refractivity contribution is -0.131. The minimum Gasteiger partial charge on any atom is -0.391 e. The lowest BCUT2D eigenvalue weighted by Crippen LogP contribution is -2.43. The molecule has 0 aromatic heterocycles. The van der Waals surface area contributed by atoms with Gasteiger partial charge in [-0.2, -0.15) is 0 Å². The number of hydrogen-bond acceptors (Lipinski definition) is 3. The number of nitrogens with one attached hydrogen (secondary N) is 1. The van der Waals surface area contributed by atoms with Gasteiger partial charge in [0.15, 0.2) is 0 Å². The largest absolute Gasteiger partial charge is 0.391 e. The Balaban J connectivity index is 1.74. The zero-order valence-corrected chi connectivity index (χ0v) is 13.6. The summed E-state index contributed by atoms with van der Waals surface area (Å²) in [7, 11) is 0. The molecular weight excluding hydrogens is 266 g/mol. The maximum Gasteiger partial charge on any atom is 0.225 e. The van der Waals surface area contributed by atoms with Gasteiger partial charge in [0.2, 0.25) is 5.91 Å². The van der Waals surface area contributed by atoms with E-state index >= 15 is 0 Å². The van der Waals surface area contributed by atoms with Crippen LogP contribution >= 0.6 is 0 Å². The quantitative estimate of drug-likeness (QED) is 0.792. The van der Waals surface area contributed by atoms with Crippen LogP contribution in [-0.4, -0.2) is 36.9 Å². The third-order valence-corrected chi connectivity index (χ3v) is 5.17. The normalized spacial score (nSPS) is 23.2. The Morgan fingerprint density at radius 2 is 1.86 bits per heavy atom. The molecule has 4 heteroatoms. The first-order valence-corrected chi connectivity index (χ1v) is 8.53. The number of carbonyl (C=O) groups is 1. The Morgan fingerprint density at radius 1 is 1.24 bits per heavy atom. The van der Waals surface area contributed by atoms with Gasteiger partial charge in [-0.25, -0.2) is 0 Å². The van der Waals surface area contributed by atoms with Gasteiger partial charge in [-0.15, -0.1) is 0 Å². The lowest BCUT2D eigenvalue weighted by Gasteiger charge is -2.31. The molecule has 1 aliphatic carbocycles. The SMILES string of the molecule is CC(C)(CC1CCOCC1)C(=O)NCC(O)C1CCCC1. The summed E-state index contributed by atoms with van der Waals surface area (Å²) in [6, 6.07) is 0. The van der Waals surface area contributed by atoms with Crippen LogP contribution in [0.1, 0.15) is 58.8 Å². The molecule has 122 valence electrons. The van der Waals surface area contributed by atoms with Crippen molar-refractivity contribution >= 4 is 5.91 Å². The van der Waals surface area contributed by atoms with Crippen LogP contribution < -0.4 is 5.32 Å². The Morgan fingerprint density at radius 3 is 2.48 bits per heavy atom. The van der Waals surface area contributed by atoms with Crippen molar-refractivity contribution in [3.8, 4) is 0 Å². The third-order valence-electron chi connectivity index (χ3n) is 5.17. The van der Waals surface area contributed by atoms with Crippen molar-refractivity contribution in [3.63, 3.8) is 0 Å². The lowest BCUT2D eigenvalue weighted by atomic mass is 9.79. The van der Waals surface area contributed by atoms with Gasteiger partial charge in [0.1, 0.15) is 0 Å². The highest BCUT2D eigenvalue weighted by Gasteiger charge is 2.32. The van der Waals surface area contributed by atoms with E-state index in [-0.39, 0.29) is 17.4 Å². The summed E-state index contributed by atoms with van der Waals surface area (Å²) in [5.41, 5.74) is -0.364. The van der Waals surface area contributed by atoms with Crippen LogP contribution in [-0.2, 0) is 9.53 Å². The van der Waals surface area contributed by atoms with Gasteiger partial charge in [-0.3, -0.25) is 4.79 Å². The second kappa shape index (κ2) is 7.59. The summed E-state index contributed by atoms with van der Waals surface area (Å²) in [4.78, 5) is 12.4. The average molecular weight is 297 g/mol. The van der Waals surface area contributed by atoms with Crippen molar-refractivity contribution in [1.29, 1.82) is 0 Å². The molecule has 21 heavy (non-hydrogen) atoms. The van der Waals surface area contributed by atoms with Gasteiger partial charge in [-0.05, 0) is 43.9 Å². The number of rotatable bonds is 6. The van der Waals surface area contributed by atoms with Crippen molar-refractivity contribution in [2.24, 2.45) is 17.3 Å². The predicted molar refractivity (Wildman–Crippen MR) is 82.9 cm³/mol. The van der Waals surface area contributed by atoms with Crippen LogP contribution in [0.5, 0.6) is 0 Å². The van der Waals surface area contributed by atoms with Crippen LogP contribution in [0, 0.1) is 17.3 Å². The molecular formula is C17H31NO3. The minimum atomic E-state index is -0.379. The Labute approximate surface area is 128 Å². The summed E-state index contributed by atoms with van der Waals surface area (Å²) < 4.78 is 5.38. The second-order valence-electron chi connectivity index (χ2n) is 7.47. The van der Waals surface area contributed by atoms with Gasteiger partial charge in [0.25, 0.3) is 0 Å². The van der Waals surface area contributed by atoms with Gasteiger partial charge >= 0.3 is 0 Å². The summed E-state index contributed by atoms with van der Waals surface area (Å²) >= 11 is 0. The maximum atomic E-state index is 12.4. The fourth-order valence-electron chi connectivity index (χ4n) is 3.71. The number of carbonyl (C=O) groups excluding carboxylic acids is 1. The number of amides is 1. The highest BCUT2D eigenvalue weighted by Crippen LogP contribution is 2.31. The highest BCUT2D eigenvalue weighted by atomic mass is 16.5. The molecule has 0 aromatic rings. The van der Waals surface area contributed by atoms with E-state index in [1.165, 1.54) is 12.8 Å². The molecule has 1 aliphatic heterocycles. The molecule has 1 saturated carbocycles. The van der Waals surface area contributed by atoms with E-state index in [1.54, 1.807) is 0 Å². The van der Waals surface area contributed by atoms with Crippen molar-refractivity contribution in [3.05, 3.63) is 0 Å². The summed E-state index contributed by atoms with van der Waals surface area (Å²) in [6.45, 7) is 6.08. The van der Waals surface area contributed by atoms with E-state index in [4.69, 9.17) is 4.74 Å². The maximum absolute atomic E-state index is 12.4. The van der Waals surface area contributed by atoms with Crippen LogP contribution in [0.4, 0.5) is 0 Å². The van der Waals surface area contributed by atoms with E-state index < -0.39 is 0 Å². The molecule has 2 N–H and O–H groups in total. The highest BCUT2D eigenvalue weighted by molar-refractivity contribution is 5.81. The number of aliphatic hydroxyl groups excluding tert-OH is 1. The molecule has 2 fully saturated rings. The first-order chi connectivity index (χ1) is 9.99. The van der Waals surface area contributed by atoms with Crippen molar-refractivity contribution in [2.75, 3.05) is 19.8 Å². The van der Waals surface area contributed by atoms with Crippen molar-refractivity contribution in [1.82, 2.24) is 5.32 Å². The molecule has 1 unspecified atom stereocenters. The van der Waals surface area contributed by atoms with E-state index in [1.807, 2.05) is 13.8 Å². The van der Waals surface area contributed by atoms with Gasteiger partial charge < -0.3 is 15.2 Å². The monoisotopic (exact) mass is 297 g/mol. The van der Waals surface area contributed by atoms with Crippen LogP contribution in [0.3, 0.4) is 0 Å². The summed E-state index contributed by atoms with van der Waals surface area (Å²) in [5, 5.41) is 13.1. The van der Waals surface area contributed by atoms with E-state index in [0.717, 1.165) is 45.3 Å². The molecule has 4 nitrogen and oxygen atoms in total. The topological polar surface area (TPSA) is 58.6 Å². The molecule has 0 aromatic carbocycles. The number of aliphatic hydroxyl groups is 1. The zero-order chi connectivity index (χ0) is 15.3. The molecule has 1 heterocycles. The van der Waals surface area contributed by atoms with Gasteiger partial charge in [0.05, 0.1) is 6.10 Å². The first-order valence-electron chi connectivity index (χ1n) is 8.53. The van der Waals surface area contributed by atoms with Crippen molar-refractivity contribution in [2.45, 2.75) is 64.9 Å². The van der Waals surface area contributed by atoms with Gasteiger partial charge in [0, 0.05) is 25.2 Å². The fourth-order valence-corrected chi connectivity index (χ4v) is 3.71.